The lowest BCUT2D eigenvalue weighted by Gasteiger charge is -2.09. The third kappa shape index (κ3) is 3.84. The standard InChI is InChI=1S/C20H15ClN2O5/c21-19-14(7-12-3-1-2-4-15(12)23-19)10-26-18(24)9-22-20(25)13-5-6-16-17(8-13)28-11-27-16/h1-8H,9-11H2,(H,22,25). The molecule has 0 atom stereocenters. The summed E-state index contributed by atoms with van der Waals surface area (Å²) in [5, 5.41) is 3.68. The second-order valence-corrected chi connectivity index (χ2v) is 6.40. The third-order valence-electron chi connectivity index (χ3n) is 4.17. The van der Waals surface area contributed by atoms with Crippen LogP contribution in [0.15, 0.2) is 48.5 Å². The highest BCUT2D eigenvalue weighted by atomic mass is 35.5. The highest BCUT2D eigenvalue weighted by Crippen LogP contribution is 2.32. The fourth-order valence-electron chi connectivity index (χ4n) is 2.74. The van der Waals surface area contributed by atoms with Crippen LogP contribution < -0.4 is 14.8 Å². The van der Waals surface area contributed by atoms with Crippen LogP contribution in [0.2, 0.25) is 5.15 Å². The number of amides is 1. The molecule has 0 fully saturated rings. The van der Waals surface area contributed by atoms with Crippen LogP contribution in [-0.4, -0.2) is 30.2 Å². The summed E-state index contributed by atoms with van der Waals surface area (Å²) in [6.45, 7) is -0.180. The van der Waals surface area contributed by atoms with Crippen molar-refractivity contribution in [2.45, 2.75) is 6.61 Å². The third-order valence-corrected chi connectivity index (χ3v) is 4.49. The largest absolute Gasteiger partial charge is 0.459 e. The number of benzene rings is 2. The minimum atomic E-state index is -0.585. The van der Waals surface area contributed by atoms with Gasteiger partial charge in [0.1, 0.15) is 18.3 Å². The van der Waals surface area contributed by atoms with E-state index in [4.69, 9.17) is 25.8 Å². The highest BCUT2D eigenvalue weighted by Gasteiger charge is 2.17. The van der Waals surface area contributed by atoms with E-state index in [-0.39, 0.29) is 25.1 Å². The van der Waals surface area contributed by atoms with Crippen LogP contribution in [0.25, 0.3) is 10.9 Å². The molecule has 8 heteroatoms. The quantitative estimate of drug-likeness (QED) is 0.525. The van der Waals surface area contributed by atoms with Crippen molar-refractivity contribution in [3.05, 3.63) is 64.8 Å². The lowest BCUT2D eigenvalue weighted by Crippen LogP contribution is -2.30. The van der Waals surface area contributed by atoms with E-state index >= 15 is 0 Å². The molecule has 3 aromatic rings. The topological polar surface area (TPSA) is 86.8 Å². The molecule has 0 unspecified atom stereocenters. The molecule has 4 rings (SSSR count). The Morgan fingerprint density at radius 2 is 1.93 bits per heavy atom. The lowest BCUT2D eigenvalue weighted by molar-refractivity contribution is -0.143. The number of carbonyl (C=O) groups excluding carboxylic acids is 2. The van der Waals surface area contributed by atoms with Crippen LogP contribution in [0.1, 0.15) is 15.9 Å². The summed E-state index contributed by atoms with van der Waals surface area (Å²) < 4.78 is 15.6. The molecular formula is C20H15ClN2O5. The van der Waals surface area contributed by atoms with Gasteiger partial charge in [-0.3, -0.25) is 9.59 Å². The van der Waals surface area contributed by atoms with Crippen molar-refractivity contribution in [1.82, 2.24) is 10.3 Å². The number of nitrogens with zero attached hydrogens (tertiary/aromatic N) is 1. The first-order valence-corrected chi connectivity index (χ1v) is 8.85. The smallest absolute Gasteiger partial charge is 0.325 e. The molecule has 28 heavy (non-hydrogen) atoms. The lowest BCUT2D eigenvalue weighted by atomic mass is 10.2. The van der Waals surface area contributed by atoms with Crippen molar-refractivity contribution in [1.29, 1.82) is 0 Å². The van der Waals surface area contributed by atoms with Crippen molar-refractivity contribution in [3.8, 4) is 11.5 Å². The van der Waals surface area contributed by atoms with Crippen LogP contribution in [0.5, 0.6) is 11.5 Å². The SMILES string of the molecule is O=C(CNC(=O)c1ccc2c(c1)OCO2)OCc1cc2ccccc2nc1Cl. The number of rotatable bonds is 5. The van der Waals surface area contributed by atoms with Gasteiger partial charge in [-0.05, 0) is 30.3 Å². The number of pyridine rings is 1. The Hall–Kier alpha value is -3.32. The van der Waals surface area contributed by atoms with E-state index in [9.17, 15) is 9.59 Å². The van der Waals surface area contributed by atoms with Crippen molar-refractivity contribution in [2.24, 2.45) is 0 Å². The van der Waals surface area contributed by atoms with Gasteiger partial charge in [0.2, 0.25) is 6.79 Å². The molecule has 0 saturated heterocycles. The fraction of sp³-hybridized carbons (Fsp3) is 0.150. The van der Waals surface area contributed by atoms with Crippen molar-refractivity contribution in [3.63, 3.8) is 0 Å². The van der Waals surface area contributed by atoms with Crippen molar-refractivity contribution in [2.75, 3.05) is 13.3 Å². The zero-order valence-electron chi connectivity index (χ0n) is 14.6. The van der Waals surface area contributed by atoms with Gasteiger partial charge in [-0.2, -0.15) is 0 Å². The molecule has 7 nitrogen and oxygen atoms in total. The summed E-state index contributed by atoms with van der Waals surface area (Å²) in [4.78, 5) is 28.4. The van der Waals surface area contributed by atoms with Crippen LogP contribution in [-0.2, 0) is 16.1 Å². The molecule has 1 aromatic heterocycles. The number of hydrogen-bond donors (Lipinski definition) is 1. The average molecular weight is 399 g/mol. The van der Waals surface area contributed by atoms with Gasteiger partial charge in [-0.25, -0.2) is 4.98 Å². The average Bonchev–Trinajstić information content (AvgIpc) is 3.18. The van der Waals surface area contributed by atoms with E-state index in [0.29, 0.717) is 22.6 Å². The monoisotopic (exact) mass is 398 g/mol. The van der Waals surface area contributed by atoms with E-state index in [2.05, 4.69) is 10.3 Å². The van der Waals surface area contributed by atoms with E-state index in [1.165, 1.54) is 0 Å². The maximum atomic E-state index is 12.2. The number of para-hydroxylation sites is 1. The maximum absolute atomic E-state index is 12.2. The van der Waals surface area contributed by atoms with E-state index in [0.717, 1.165) is 10.9 Å². The molecule has 0 spiro atoms. The zero-order chi connectivity index (χ0) is 19.5. The van der Waals surface area contributed by atoms with E-state index < -0.39 is 11.9 Å². The van der Waals surface area contributed by atoms with Gasteiger partial charge in [0.25, 0.3) is 5.91 Å². The zero-order valence-corrected chi connectivity index (χ0v) is 15.4. The molecule has 1 aliphatic heterocycles. The summed E-state index contributed by atoms with van der Waals surface area (Å²) in [6, 6.07) is 14.1. The number of esters is 1. The molecule has 0 bridgehead atoms. The Kier molecular flexibility index (Phi) is 4.99. The Balaban J connectivity index is 1.32. The van der Waals surface area contributed by atoms with Crippen molar-refractivity contribution < 1.29 is 23.8 Å². The van der Waals surface area contributed by atoms with Gasteiger partial charge >= 0.3 is 5.97 Å². The number of hydrogen-bond acceptors (Lipinski definition) is 6. The second-order valence-electron chi connectivity index (χ2n) is 6.04. The Morgan fingerprint density at radius 3 is 2.82 bits per heavy atom. The second kappa shape index (κ2) is 7.74. The number of aromatic nitrogens is 1. The van der Waals surface area contributed by atoms with Gasteiger partial charge in [-0.15, -0.1) is 0 Å². The Morgan fingerprint density at radius 1 is 1.11 bits per heavy atom. The normalized spacial score (nSPS) is 12.0. The van der Waals surface area contributed by atoms with Gasteiger partial charge in [0, 0.05) is 16.5 Å². The van der Waals surface area contributed by atoms with Gasteiger partial charge < -0.3 is 19.5 Å². The number of ether oxygens (including phenoxy) is 3. The number of fused-ring (bicyclic) bond motifs is 2. The van der Waals surface area contributed by atoms with Crippen LogP contribution in [0.3, 0.4) is 0 Å². The van der Waals surface area contributed by atoms with E-state index in [1.54, 1.807) is 18.2 Å². The van der Waals surface area contributed by atoms with Gasteiger partial charge in [-0.1, -0.05) is 29.8 Å². The molecule has 142 valence electrons. The summed E-state index contributed by atoms with van der Waals surface area (Å²) in [7, 11) is 0. The number of carbonyl (C=O) groups is 2. The first kappa shape index (κ1) is 18.1. The van der Waals surface area contributed by atoms with Crippen LogP contribution >= 0.6 is 11.6 Å². The van der Waals surface area contributed by atoms with Crippen LogP contribution in [0, 0.1) is 0 Å². The molecular weight excluding hydrogens is 384 g/mol. The van der Waals surface area contributed by atoms with E-state index in [1.807, 2.05) is 30.3 Å². The molecule has 0 radical (unpaired) electrons. The summed E-state index contributed by atoms with van der Waals surface area (Å²) in [5.74, 6) is 0.0736. The molecule has 0 aliphatic carbocycles. The van der Waals surface area contributed by atoms with Crippen molar-refractivity contribution >= 4 is 34.4 Å². The highest BCUT2D eigenvalue weighted by molar-refractivity contribution is 6.30. The summed E-state index contributed by atoms with van der Waals surface area (Å²) >= 11 is 6.15. The molecule has 2 heterocycles. The summed E-state index contributed by atoms with van der Waals surface area (Å²) in [6.07, 6.45) is 0. The minimum absolute atomic E-state index is 0.0323. The Labute approximate surface area is 165 Å². The Bertz CT molecular complexity index is 1070. The molecule has 1 aliphatic rings. The molecule has 0 saturated carbocycles. The summed E-state index contributed by atoms with van der Waals surface area (Å²) in [5.41, 5.74) is 1.72. The minimum Gasteiger partial charge on any atom is -0.459 e. The van der Waals surface area contributed by atoms with Gasteiger partial charge in [0.05, 0.1) is 5.52 Å². The predicted octanol–water partition coefficient (Wildman–Crippen LogP) is 3.09. The molecule has 2 aromatic carbocycles. The number of nitrogens with one attached hydrogen (secondary N) is 1. The first-order chi connectivity index (χ1) is 13.6. The maximum Gasteiger partial charge on any atom is 0.325 e. The first-order valence-electron chi connectivity index (χ1n) is 8.48. The van der Waals surface area contributed by atoms with Gasteiger partial charge in [0.15, 0.2) is 11.5 Å². The van der Waals surface area contributed by atoms with Crippen LogP contribution in [0.4, 0.5) is 0 Å². The molecule has 1 amide bonds. The molecule has 1 N–H and O–H groups in total. The number of halogens is 1. The fourth-order valence-corrected chi connectivity index (χ4v) is 2.94. The predicted molar refractivity (Wildman–Crippen MR) is 101 cm³/mol.